The second-order valence-corrected chi connectivity index (χ2v) is 5.58. The molecular weight excluding hydrogens is 218 g/mol. The maximum atomic E-state index is 11.3. The Hall–Kier alpha value is -1.09. The molecule has 0 bridgehead atoms. The van der Waals surface area contributed by atoms with E-state index in [4.69, 9.17) is 10.00 Å². The number of rotatable bonds is 6. The summed E-state index contributed by atoms with van der Waals surface area (Å²) >= 11 is 0. The fraction of sp³-hybridized carbons (Fsp3) is 0.778. The van der Waals surface area contributed by atoms with Gasteiger partial charge in [-0.05, 0) is 20.3 Å². The SMILES string of the molecule is CC(C)OC(=O)CS(=O)(=O)CCCC#N. The van der Waals surface area contributed by atoms with Crippen LogP contribution in [0.5, 0.6) is 0 Å². The third-order valence-electron chi connectivity index (χ3n) is 1.45. The van der Waals surface area contributed by atoms with Crippen molar-refractivity contribution in [2.24, 2.45) is 0 Å². The van der Waals surface area contributed by atoms with Crippen molar-refractivity contribution in [3.63, 3.8) is 0 Å². The van der Waals surface area contributed by atoms with Crippen molar-refractivity contribution in [1.82, 2.24) is 0 Å². The Bertz CT molecular complexity index is 340. The summed E-state index contributed by atoms with van der Waals surface area (Å²) in [5.41, 5.74) is 0. The van der Waals surface area contributed by atoms with E-state index in [-0.39, 0.29) is 24.7 Å². The molecule has 0 aromatic carbocycles. The lowest BCUT2D eigenvalue weighted by molar-refractivity contribution is -0.144. The minimum Gasteiger partial charge on any atom is -0.462 e. The lowest BCUT2D eigenvalue weighted by Gasteiger charge is -2.07. The summed E-state index contributed by atoms with van der Waals surface area (Å²) in [4.78, 5) is 11.0. The normalized spacial score (nSPS) is 11.1. The van der Waals surface area contributed by atoms with Crippen LogP contribution in [0, 0.1) is 11.3 Å². The average Bonchev–Trinajstić information content (AvgIpc) is 2.00. The lowest BCUT2D eigenvalue weighted by Crippen LogP contribution is -2.23. The minimum atomic E-state index is -3.42. The second-order valence-electron chi connectivity index (χ2n) is 3.39. The fourth-order valence-corrected chi connectivity index (χ4v) is 2.08. The number of ether oxygens (including phenoxy) is 1. The highest BCUT2D eigenvalue weighted by atomic mass is 32.2. The van der Waals surface area contributed by atoms with Gasteiger partial charge >= 0.3 is 5.97 Å². The van der Waals surface area contributed by atoms with E-state index in [1.807, 2.05) is 6.07 Å². The summed E-state index contributed by atoms with van der Waals surface area (Å²) in [5.74, 6) is -1.48. The largest absolute Gasteiger partial charge is 0.462 e. The Morgan fingerprint density at radius 3 is 2.53 bits per heavy atom. The van der Waals surface area contributed by atoms with Crippen LogP contribution in [0.15, 0.2) is 0 Å². The molecule has 0 aromatic rings. The van der Waals surface area contributed by atoms with Crippen LogP contribution in [0.4, 0.5) is 0 Å². The minimum absolute atomic E-state index is 0.145. The van der Waals surface area contributed by atoms with Gasteiger partial charge in [0.1, 0.15) is 5.75 Å². The Morgan fingerprint density at radius 2 is 2.07 bits per heavy atom. The quantitative estimate of drug-likeness (QED) is 0.497. The molecule has 0 rings (SSSR count). The first-order valence-electron chi connectivity index (χ1n) is 4.64. The Morgan fingerprint density at radius 1 is 1.47 bits per heavy atom. The van der Waals surface area contributed by atoms with Crippen LogP contribution in [0.3, 0.4) is 0 Å². The zero-order valence-corrected chi connectivity index (χ0v) is 9.71. The first-order valence-corrected chi connectivity index (χ1v) is 6.46. The van der Waals surface area contributed by atoms with Crippen molar-refractivity contribution in [2.45, 2.75) is 32.8 Å². The monoisotopic (exact) mass is 233 g/mol. The first kappa shape index (κ1) is 13.9. The van der Waals surface area contributed by atoms with Gasteiger partial charge in [0, 0.05) is 6.42 Å². The number of esters is 1. The van der Waals surface area contributed by atoms with Crippen molar-refractivity contribution in [3.05, 3.63) is 0 Å². The highest BCUT2D eigenvalue weighted by molar-refractivity contribution is 7.92. The molecule has 0 saturated heterocycles. The Balaban J connectivity index is 4.04. The maximum absolute atomic E-state index is 11.3. The zero-order chi connectivity index (χ0) is 11.9. The number of nitrogens with zero attached hydrogens (tertiary/aromatic N) is 1. The Labute approximate surface area is 90.0 Å². The molecule has 0 atom stereocenters. The van der Waals surface area contributed by atoms with Gasteiger partial charge in [0.05, 0.1) is 17.9 Å². The maximum Gasteiger partial charge on any atom is 0.321 e. The Kier molecular flexibility index (Phi) is 5.94. The molecule has 0 unspecified atom stereocenters. The molecule has 0 radical (unpaired) electrons. The van der Waals surface area contributed by atoms with Crippen molar-refractivity contribution in [3.8, 4) is 6.07 Å². The summed E-state index contributed by atoms with van der Waals surface area (Å²) in [7, 11) is -3.42. The fourth-order valence-electron chi connectivity index (χ4n) is 0.920. The molecule has 0 N–H and O–H groups in total. The smallest absolute Gasteiger partial charge is 0.321 e. The number of carbonyl (C=O) groups excluding carboxylic acids is 1. The number of hydrogen-bond donors (Lipinski definition) is 0. The van der Waals surface area contributed by atoms with Gasteiger partial charge in [0.25, 0.3) is 0 Å². The number of carbonyl (C=O) groups is 1. The van der Waals surface area contributed by atoms with Crippen LogP contribution in [0.25, 0.3) is 0 Å². The molecule has 15 heavy (non-hydrogen) atoms. The third kappa shape index (κ3) is 7.94. The van der Waals surface area contributed by atoms with E-state index in [0.29, 0.717) is 0 Å². The molecule has 0 heterocycles. The molecule has 0 aliphatic carbocycles. The molecule has 0 spiro atoms. The van der Waals surface area contributed by atoms with Gasteiger partial charge in [-0.3, -0.25) is 4.79 Å². The molecular formula is C9H15NO4S. The van der Waals surface area contributed by atoms with E-state index >= 15 is 0 Å². The van der Waals surface area contributed by atoms with Crippen molar-refractivity contribution >= 4 is 15.8 Å². The van der Waals surface area contributed by atoms with Gasteiger partial charge in [-0.2, -0.15) is 5.26 Å². The van der Waals surface area contributed by atoms with E-state index in [1.165, 1.54) is 0 Å². The molecule has 0 fully saturated rings. The zero-order valence-electron chi connectivity index (χ0n) is 8.89. The van der Waals surface area contributed by atoms with Crippen LogP contribution in [-0.2, 0) is 19.4 Å². The number of hydrogen-bond acceptors (Lipinski definition) is 5. The van der Waals surface area contributed by atoms with Crippen LogP contribution in [0.2, 0.25) is 0 Å². The highest BCUT2D eigenvalue weighted by Gasteiger charge is 2.18. The number of nitriles is 1. The van der Waals surface area contributed by atoms with Gasteiger partial charge in [0.15, 0.2) is 9.84 Å². The van der Waals surface area contributed by atoms with E-state index < -0.39 is 21.6 Å². The summed E-state index contributed by atoms with van der Waals surface area (Å²) in [6.45, 7) is 3.31. The average molecular weight is 233 g/mol. The molecule has 6 heteroatoms. The van der Waals surface area contributed by atoms with E-state index in [1.54, 1.807) is 13.8 Å². The summed E-state index contributed by atoms with van der Waals surface area (Å²) in [5, 5.41) is 8.23. The molecule has 0 amide bonds. The van der Waals surface area contributed by atoms with Crippen molar-refractivity contribution in [1.29, 1.82) is 5.26 Å². The molecule has 0 aliphatic rings. The summed E-state index contributed by atoms with van der Waals surface area (Å²) in [6, 6.07) is 1.85. The molecule has 0 aromatic heterocycles. The van der Waals surface area contributed by atoms with Gasteiger partial charge in [-0.25, -0.2) is 8.42 Å². The van der Waals surface area contributed by atoms with Crippen LogP contribution < -0.4 is 0 Å². The molecule has 0 saturated carbocycles. The number of sulfone groups is 1. The molecule has 5 nitrogen and oxygen atoms in total. The van der Waals surface area contributed by atoms with E-state index in [0.717, 1.165) is 0 Å². The van der Waals surface area contributed by atoms with E-state index in [9.17, 15) is 13.2 Å². The van der Waals surface area contributed by atoms with Gasteiger partial charge in [-0.15, -0.1) is 0 Å². The van der Waals surface area contributed by atoms with Crippen molar-refractivity contribution in [2.75, 3.05) is 11.5 Å². The van der Waals surface area contributed by atoms with Crippen molar-refractivity contribution < 1.29 is 17.9 Å². The van der Waals surface area contributed by atoms with Crippen LogP contribution >= 0.6 is 0 Å². The van der Waals surface area contributed by atoms with Gasteiger partial charge in [0.2, 0.25) is 0 Å². The standard InChI is InChI=1S/C9H15NO4S/c1-8(2)14-9(11)7-15(12,13)6-4-3-5-10/h8H,3-4,6-7H2,1-2H3. The molecule has 0 aliphatic heterocycles. The highest BCUT2D eigenvalue weighted by Crippen LogP contribution is 1.99. The predicted octanol–water partition coefficient (Wildman–Crippen LogP) is 0.657. The third-order valence-corrected chi connectivity index (χ3v) is 3.04. The van der Waals surface area contributed by atoms with Gasteiger partial charge in [-0.1, -0.05) is 0 Å². The first-order chi connectivity index (χ1) is 6.87. The topological polar surface area (TPSA) is 84.2 Å². The summed E-state index contributed by atoms with van der Waals surface area (Å²) in [6.07, 6.45) is 0.124. The predicted molar refractivity (Wildman–Crippen MR) is 54.7 cm³/mol. The van der Waals surface area contributed by atoms with Crippen LogP contribution in [-0.4, -0.2) is 32.0 Å². The van der Waals surface area contributed by atoms with E-state index in [2.05, 4.69) is 0 Å². The lowest BCUT2D eigenvalue weighted by atomic mass is 10.4. The second kappa shape index (κ2) is 6.40. The summed E-state index contributed by atoms with van der Waals surface area (Å²) < 4.78 is 27.3. The van der Waals surface area contributed by atoms with Crippen LogP contribution in [0.1, 0.15) is 26.7 Å². The van der Waals surface area contributed by atoms with Gasteiger partial charge < -0.3 is 4.74 Å². The molecule has 86 valence electrons. The number of unbranched alkanes of at least 4 members (excludes halogenated alkanes) is 1.